The lowest BCUT2D eigenvalue weighted by molar-refractivity contribution is -0.140. The predicted molar refractivity (Wildman–Crippen MR) is 158 cm³/mol. The number of amides is 2. The molecule has 1 unspecified atom stereocenters. The van der Waals surface area contributed by atoms with Gasteiger partial charge in [-0.25, -0.2) is 8.42 Å². The fourth-order valence-corrected chi connectivity index (χ4v) is 5.61. The van der Waals surface area contributed by atoms with Crippen molar-refractivity contribution in [3.63, 3.8) is 0 Å². The van der Waals surface area contributed by atoms with Crippen molar-refractivity contribution >= 4 is 39.1 Å². The van der Waals surface area contributed by atoms with Crippen LogP contribution in [-0.4, -0.2) is 50.4 Å². The van der Waals surface area contributed by atoms with Crippen LogP contribution in [0.1, 0.15) is 38.8 Å². The zero-order valence-corrected chi connectivity index (χ0v) is 25.2. The number of sulfonamides is 1. The molecule has 1 atom stereocenters. The van der Waals surface area contributed by atoms with E-state index in [1.807, 2.05) is 26.8 Å². The van der Waals surface area contributed by atoms with E-state index in [0.29, 0.717) is 10.8 Å². The second kappa shape index (κ2) is 12.7. The number of hydrogen-bond donors (Lipinski definition) is 1. The van der Waals surface area contributed by atoms with Crippen molar-refractivity contribution in [2.75, 3.05) is 18.0 Å². The van der Waals surface area contributed by atoms with E-state index in [2.05, 4.69) is 5.32 Å². The van der Waals surface area contributed by atoms with E-state index in [0.717, 1.165) is 15.4 Å². The summed E-state index contributed by atoms with van der Waals surface area (Å²) in [5.74, 6) is -0.325. The van der Waals surface area contributed by atoms with Gasteiger partial charge in [0.05, 0.1) is 17.7 Å². The van der Waals surface area contributed by atoms with Gasteiger partial charge in [0.1, 0.15) is 18.3 Å². The molecule has 0 fully saturated rings. The fourth-order valence-electron chi connectivity index (χ4n) is 4.01. The van der Waals surface area contributed by atoms with Gasteiger partial charge in [0.25, 0.3) is 10.0 Å². The average molecular weight is 586 g/mol. The van der Waals surface area contributed by atoms with Crippen molar-refractivity contribution < 1.29 is 22.7 Å². The topological polar surface area (TPSA) is 96.0 Å². The minimum atomic E-state index is -4.16. The molecule has 0 saturated heterocycles. The Hall–Kier alpha value is -3.56. The van der Waals surface area contributed by atoms with Crippen molar-refractivity contribution in [3.8, 4) is 5.75 Å². The van der Waals surface area contributed by atoms with Crippen LogP contribution in [0.25, 0.3) is 0 Å². The second-order valence-electron chi connectivity index (χ2n) is 10.5. The first kappa shape index (κ1) is 31.0. The predicted octanol–water partition coefficient (Wildman–Crippen LogP) is 5.18. The van der Waals surface area contributed by atoms with Crippen LogP contribution in [0.15, 0.2) is 77.7 Å². The molecule has 3 rings (SSSR count). The van der Waals surface area contributed by atoms with Gasteiger partial charge in [-0.3, -0.25) is 13.9 Å². The number of benzene rings is 3. The molecular formula is C30H36ClN3O5S. The van der Waals surface area contributed by atoms with Gasteiger partial charge in [-0.05, 0) is 82.1 Å². The maximum atomic E-state index is 14.0. The molecular weight excluding hydrogens is 550 g/mol. The molecule has 0 aromatic heterocycles. The van der Waals surface area contributed by atoms with Gasteiger partial charge in [0.2, 0.25) is 11.8 Å². The van der Waals surface area contributed by atoms with E-state index in [-0.39, 0.29) is 23.0 Å². The standard InChI is InChI=1S/C30H36ClN3O5S/c1-21-15-16-24(18-27(21)31)34(40(37,38)26-13-8-7-9-14-26)20-28(35)33(22(2)29(36)32-30(3,4)5)19-23-11-10-12-25(17-23)39-6/h7-18,22H,19-20H2,1-6H3,(H,32,36). The van der Waals surface area contributed by atoms with E-state index >= 15 is 0 Å². The van der Waals surface area contributed by atoms with Gasteiger partial charge in [0, 0.05) is 17.1 Å². The lowest BCUT2D eigenvalue weighted by Gasteiger charge is -2.33. The summed E-state index contributed by atoms with van der Waals surface area (Å²) in [5.41, 5.74) is 1.19. The van der Waals surface area contributed by atoms with Gasteiger partial charge >= 0.3 is 0 Å². The van der Waals surface area contributed by atoms with Crippen LogP contribution < -0.4 is 14.4 Å². The number of ether oxygens (including phenoxy) is 1. The number of carbonyl (C=O) groups is 2. The van der Waals surface area contributed by atoms with Crippen LogP contribution in [0.4, 0.5) is 5.69 Å². The largest absolute Gasteiger partial charge is 0.497 e. The maximum absolute atomic E-state index is 14.0. The average Bonchev–Trinajstić information content (AvgIpc) is 2.91. The lowest BCUT2D eigenvalue weighted by Crippen LogP contribution is -2.54. The summed E-state index contributed by atoms with van der Waals surface area (Å²) in [6.07, 6.45) is 0. The Morgan fingerprint density at radius 3 is 2.27 bits per heavy atom. The molecule has 3 aromatic carbocycles. The van der Waals surface area contributed by atoms with Gasteiger partial charge in [-0.15, -0.1) is 0 Å². The minimum Gasteiger partial charge on any atom is -0.497 e. The third kappa shape index (κ3) is 7.76. The van der Waals surface area contributed by atoms with Crippen LogP contribution in [0.3, 0.4) is 0 Å². The number of halogens is 1. The molecule has 2 amide bonds. The highest BCUT2D eigenvalue weighted by atomic mass is 35.5. The van der Waals surface area contributed by atoms with E-state index < -0.39 is 34.1 Å². The first-order valence-corrected chi connectivity index (χ1v) is 14.6. The summed E-state index contributed by atoms with van der Waals surface area (Å²) in [4.78, 5) is 28.6. The highest BCUT2D eigenvalue weighted by Crippen LogP contribution is 2.28. The summed E-state index contributed by atoms with van der Waals surface area (Å²) < 4.78 is 34.0. The summed E-state index contributed by atoms with van der Waals surface area (Å²) in [5, 5.41) is 3.28. The van der Waals surface area contributed by atoms with Crippen molar-refractivity contribution in [1.82, 2.24) is 10.2 Å². The van der Waals surface area contributed by atoms with Crippen molar-refractivity contribution in [1.29, 1.82) is 0 Å². The number of carbonyl (C=O) groups excluding carboxylic acids is 2. The zero-order chi connectivity index (χ0) is 29.7. The van der Waals surface area contributed by atoms with Crippen molar-refractivity contribution in [2.45, 2.75) is 57.6 Å². The third-order valence-corrected chi connectivity index (χ3v) is 8.40. The van der Waals surface area contributed by atoms with E-state index in [4.69, 9.17) is 16.3 Å². The second-order valence-corrected chi connectivity index (χ2v) is 12.8. The molecule has 8 nitrogen and oxygen atoms in total. The van der Waals surface area contributed by atoms with Gasteiger partial charge in [-0.1, -0.05) is 48.0 Å². The number of rotatable bonds is 10. The number of nitrogens with one attached hydrogen (secondary N) is 1. The Morgan fingerprint density at radius 2 is 1.68 bits per heavy atom. The molecule has 0 spiro atoms. The molecule has 0 saturated carbocycles. The van der Waals surface area contributed by atoms with Gasteiger partial charge in [0.15, 0.2) is 0 Å². The summed E-state index contributed by atoms with van der Waals surface area (Å²) in [6.45, 7) is 8.48. The quantitative estimate of drug-likeness (QED) is 0.353. The molecule has 0 aliphatic rings. The lowest BCUT2D eigenvalue weighted by atomic mass is 10.1. The molecule has 0 aliphatic heterocycles. The highest BCUT2D eigenvalue weighted by Gasteiger charge is 2.33. The van der Waals surface area contributed by atoms with Gasteiger partial charge in [-0.2, -0.15) is 0 Å². The van der Waals surface area contributed by atoms with Crippen LogP contribution in [0.2, 0.25) is 5.02 Å². The number of aryl methyl sites for hydroxylation is 1. The molecule has 0 radical (unpaired) electrons. The number of methoxy groups -OCH3 is 1. The summed E-state index contributed by atoms with van der Waals surface area (Å²) in [7, 11) is -2.62. The van der Waals surface area contributed by atoms with Crippen LogP contribution in [0.5, 0.6) is 5.75 Å². The van der Waals surface area contributed by atoms with Crippen molar-refractivity contribution in [3.05, 3.63) is 88.9 Å². The molecule has 0 bridgehead atoms. The molecule has 10 heteroatoms. The van der Waals surface area contributed by atoms with E-state index in [1.54, 1.807) is 69.5 Å². The zero-order valence-electron chi connectivity index (χ0n) is 23.6. The molecule has 0 aliphatic carbocycles. The normalized spacial score (nSPS) is 12.4. The van der Waals surface area contributed by atoms with Crippen LogP contribution in [0, 0.1) is 6.92 Å². The van der Waals surface area contributed by atoms with E-state index in [1.165, 1.54) is 23.1 Å². The number of anilines is 1. The molecule has 3 aromatic rings. The number of nitrogens with zero attached hydrogens (tertiary/aromatic N) is 2. The molecule has 0 heterocycles. The monoisotopic (exact) mass is 585 g/mol. The SMILES string of the molecule is COc1cccc(CN(C(=O)CN(c2ccc(C)c(Cl)c2)S(=O)(=O)c2ccccc2)C(C)C(=O)NC(C)(C)C)c1. The molecule has 40 heavy (non-hydrogen) atoms. The highest BCUT2D eigenvalue weighted by molar-refractivity contribution is 7.92. The summed E-state index contributed by atoms with van der Waals surface area (Å²) in [6, 6.07) is 19.0. The third-order valence-electron chi connectivity index (χ3n) is 6.21. The number of hydrogen-bond acceptors (Lipinski definition) is 5. The van der Waals surface area contributed by atoms with Crippen LogP contribution in [-0.2, 0) is 26.2 Å². The maximum Gasteiger partial charge on any atom is 0.264 e. The Balaban J connectivity index is 2.06. The first-order valence-electron chi connectivity index (χ1n) is 12.8. The molecule has 214 valence electrons. The van der Waals surface area contributed by atoms with Crippen LogP contribution >= 0.6 is 11.6 Å². The van der Waals surface area contributed by atoms with Crippen molar-refractivity contribution in [2.24, 2.45) is 0 Å². The molecule has 1 N–H and O–H groups in total. The Bertz CT molecular complexity index is 1460. The fraction of sp³-hybridized carbons (Fsp3) is 0.333. The summed E-state index contributed by atoms with van der Waals surface area (Å²) >= 11 is 6.36. The Kier molecular flexibility index (Phi) is 9.87. The Labute approximate surface area is 241 Å². The van der Waals surface area contributed by atoms with E-state index in [9.17, 15) is 18.0 Å². The first-order chi connectivity index (χ1) is 18.7. The minimum absolute atomic E-state index is 0.0253. The van der Waals surface area contributed by atoms with Gasteiger partial charge < -0.3 is 15.0 Å². The Morgan fingerprint density at radius 1 is 1.00 bits per heavy atom. The smallest absolute Gasteiger partial charge is 0.264 e.